The minimum Gasteiger partial charge on any atom is -0.296 e. The third kappa shape index (κ3) is 2.13. The molecule has 0 saturated carbocycles. The SMILES string of the molecule is Cc1cc(C=O)nc2cc(C(F)(F)F)ccc12. The number of aromatic nitrogens is 1. The minimum absolute atomic E-state index is 0.134. The lowest BCUT2D eigenvalue weighted by atomic mass is 10.1. The van der Waals surface area contributed by atoms with Crippen molar-refractivity contribution in [2.45, 2.75) is 13.1 Å². The summed E-state index contributed by atoms with van der Waals surface area (Å²) in [6.45, 7) is 1.73. The summed E-state index contributed by atoms with van der Waals surface area (Å²) in [5, 5.41) is 0.614. The molecule has 0 aliphatic rings. The molecule has 17 heavy (non-hydrogen) atoms. The van der Waals surface area contributed by atoms with E-state index in [1.54, 1.807) is 13.0 Å². The van der Waals surface area contributed by atoms with E-state index in [-0.39, 0.29) is 11.2 Å². The number of carbonyl (C=O) groups excluding carboxylic acids is 1. The van der Waals surface area contributed by atoms with Gasteiger partial charge in [-0.3, -0.25) is 4.79 Å². The molecule has 0 atom stereocenters. The van der Waals surface area contributed by atoms with Crippen LogP contribution in [0.25, 0.3) is 10.9 Å². The van der Waals surface area contributed by atoms with Crippen molar-refractivity contribution in [3.05, 3.63) is 41.1 Å². The number of nitrogens with zero attached hydrogens (tertiary/aromatic N) is 1. The monoisotopic (exact) mass is 239 g/mol. The van der Waals surface area contributed by atoms with Gasteiger partial charge in [0.15, 0.2) is 6.29 Å². The third-order valence-electron chi connectivity index (χ3n) is 2.48. The van der Waals surface area contributed by atoms with E-state index in [0.717, 1.165) is 17.7 Å². The zero-order chi connectivity index (χ0) is 12.6. The maximum Gasteiger partial charge on any atom is 0.416 e. The van der Waals surface area contributed by atoms with Crippen molar-refractivity contribution in [1.82, 2.24) is 4.98 Å². The summed E-state index contributed by atoms with van der Waals surface area (Å²) in [5.41, 5.74) is 0.280. The summed E-state index contributed by atoms with van der Waals surface area (Å²) in [6.07, 6.45) is -3.88. The summed E-state index contributed by atoms with van der Waals surface area (Å²) in [4.78, 5) is 14.5. The lowest BCUT2D eigenvalue weighted by Gasteiger charge is -2.08. The second-order valence-electron chi connectivity index (χ2n) is 3.71. The number of benzene rings is 1. The predicted octanol–water partition coefficient (Wildman–Crippen LogP) is 3.37. The first-order valence-corrected chi connectivity index (χ1v) is 4.85. The fourth-order valence-corrected chi connectivity index (χ4v) is 1.67. The van der Waals surface area contributed by atoms with Crippen LogP contribution in [0.5, 0.6) is 0 Å². The summed E-state index contributed by atoms with van der Waals surface area (Å²) in [7, 11) is 0. The van der Waals surface area contributed by atoms with Crippen LogP contribution in [0.15, 0.2) is 24.3 Å². The topological polar surface area (TPSA) is 30.0 Å². The Hall–Kier alpha value is -1.91. The Labute approximate surface area is 95.1 Å². The highest BCUT2D eigenvalue weighted by Crippen LogP contribution is 2.31. The van der Waals surface area contributed by atoms with Gasteiger partial charge in [-0.05, 0) is 30.7 Å². The number of fused-ring (bicyclic) bond motifs is 1. The van der Waals surface area contributed by atoms with Crippen LogP contribution in [0.3, 0.4) is 0 Å². The number of halogens is 3. The second kappa shape index (κ2) is 3.84. The Bertz CT molecular complexity index is 590. The van der Waals surface area contributed by atoms with E-state index in [0.29, 0.717) is 11.7 Å². The maximum atomic E-state index is 12.5. The van der Waals surface area contributed by atoms with Crippen LogP contribution in [-0.2, 0) is 6.18 Å². The highest BCUT2D eigenvalue weighted by molar-refractivity contribution is 5.86. The minimum atomic E-state index is -4.40. The van der Waals surface area contributed by atoms with Gasteiger partial charge in [-0.1, -0.05) is 6.07 Å². The second-order valence-corrected chi connectivity index (χ2v) is 3.71. The van der Waals surface area contributed by atoms with E-state index < -0.39 is 11.7 Å². The average molecular weight is 239 g/mol. The molecule has 2 nitrogen and oxygen atoms in total. The fourth-order valence-electron chi connectivity index (χ4n) is 1.67. The van der Waals surface area contributed by atoms with Gasteiger partial charge in [0.05, 0.1) is 11.1 Å². The molecule has 88 valence electrons. The molecule has 0 unspecified atom stereocenters. The van der Waals surface area contributed by atoms with Crippen LogP contribution >= 0.6 is 0 Å². The van der Waals surface area contributed by atoms with Gasteiger partial charge >= 0.3 is 6.18 Å². The first kappa shape index (κ1) is 11.6. The molecular weight excluding hydrogens is 231 g/mol. The quantitative estimate of drug-likeness (QED) is 0.714. The number of alkyl halides is 3. The number of hydrogen-bond donors (Lipinski definition) is 0. The molecule has 0 fully saturated rings. The van der Waals surface area contributed by atoms with E-state index >= 15 is 0 Å². The zero-order valence-electron chi connectivity index (χ0n) is 8.88. The molecule has 0 radical (unpaired) electrons. The Morgan fingerprint density at radius 1 is 1.24 bits per heavy atom. The normalized spacial score (nSPS) is 11.8. The fraction of sp³-hybridized carbons (Fsp3) is 0.167. The van der Waals surface area contributed by atoms with Crippen molar-refractivity contribution in [2.75, 3.05) is 0 Å². The molecule has 5 heteroatoms. The van der Waals surface area contributed by atoms with Gasteiger partial charge in [0.25, 0.3) is 0 Å². The lowest BCUT2D eigenvalue weighted by molar-refractivity contribution is -0.137. The first-order valence-electron chi connectivity index (χ1n) is 4.85. The van der Waals surface area contributed by atoms with Crippen molar-refractivity contribution in [2.24, 2.45) is 0 Å². The van der Waals surface area contributed by atoms with E-state index in [2.05, 4.69) is 4.98 Å². The summed E-state index contributed by atoms with van der Waals surface area (Å²) >= 11 is 0. The van der Waals surface area contributed by atoms with Gasteiger partial charge in [0.1, 0.15) is 5.69 Å². The largest absolute Gasteiger partial charge is 0.416 e. The van der Waals surface area contributed by atoms with Crippen molar-refractivity contribution < 1.29 is 18.0 Å². The Morgan fingerprint density at radius 2 is 1.94 bits per heavy atom. The highest BCUT2D eigenvalue weighted by Gasteiger charge is 2.30. The Balaban J connectivity index is 2.72. The highest BCUT2D eigenvalue weighted by atomic mass is 19.4. The van der Waals surface area contributed by atoms with E-state index in [4.69, 9.17) is 0 Å². The molecule has 2 aromatic rings. The smallest absolute Gasteiger partial charge is 0.296 e. The van der Waals surface area contributed by atoms with E-state index in [1.165, 1.54) is 6.07 Å². The molecule has 1 aromatic heterocycles. The van der Waals surface area contributed by atoms with E-state index in [1.807, 2.05) is 0 Å². The molecule has 1 aromatic carbocycles. The average Bonchev–Trinajstić information content (AvgIpc) is 2.27. The van der Waals surface area contributed by atoms with Gasteiger partial charge < -0.3 is 0 Å². The molecular formula is C12H8F3NO. The Kier molecular flexibility index (Phi) is 2.61. The predicted molar refractivity (Wildman–Crippen MR) is 56.9 cm³/mol. The summed E-state index contributed by atoms with van der Waals surface area (Å²) < 4.78 is 37.5. The van der Waals surface area contributed by atoms with Crippen LogP contribution < -0.4 is 0 Å². The molecule has 0 saturated heterocycles. The van der Waals surface area contributed by atoms with Crippen LogP contribution in [0, 0.1) is 6.92 Å². The van der Waals surface area contributed by atoms with Crippen molar-refractivity contribution >= 4 is 17.2 Å². The van der Waals surface area contributed by atoms with Gasteiger partial charge in [0.2, 0.25) is 0 Å². The van der Waals surface area contributed by atoms with Crippen LogP contribution in [0.1, 0.15) is 21.6 Å². The van der Waals surface area contributed by atoms with Gasteiger partial charge in [-0.15, -0.1) is 0 Å². The van der Waals surface area contributed by atoms with Gasteiger partial charge in [-0.25, -0.2) is 4.98 Å². The van der Waals surface area contributed by atoms with Crippen LogP contribution in [-0.4, -0.2) is 11.3 Å². The standard InChI is InChI=1S/C12H8F3NO/c1-7-4-9(6-17)16-11-5-8(12(13,14)15)2-3-10(7)11/h2-6H,1H3. The lowest BCUT2D eigenvalue weighted by Crippen LogP contribution is -2.05. The van der Waals surface area contributed by atoms with Crippen molar-refractivity contribution in [3.8, 4) is 0 Å². The number of carbonyl (C=O) groups is 1. The molecule has 0 amide bonds. The summed E-state index contributed by atoms with van der Waals surface area (Å²) in [5.74, 6) is 0. The molecule has 0 aliphatic carbocycles. The number of pyridine rings is 1. The zero-order valence-corrected chi connectivity index (χ0v) is 8.88. The number of hydrogen-bond acceptors (Lipinski definition) is 2. The molecule has 0 N–H and O–H groups in total. The molecule has 0 spiro atoms. The third-order valence-corrected chi connectivity index (χ3v) is 2.48. The van der Waals surface area contributed by atoms with Gasteiger partial charge in [0, 0.05) is 5.39 Å². The molecule has 1 heterocycles. The van der Waals surface area contributed by atoms with Crippen LogP contribution in [0.2, 0.25) is 0 Å². The first-order chi connectivity index (χ1) is 7.91. The van der Waals surface area contributed by atoms with E-state index in [9.17, 15) is 18.0 Å². The van der Waals surface area contributed by atoms with Crippen molar-refractivity contribution in [1.29, 1.82) is 0 Å². The summed E-state index contributed by atoms with van der Waals surface area (Å²) in [6, 6.07) is 4.88. The van der Waals surface area contributed by atoms with Gasteiger partial charge in [-0.2, -0.15) is 13.2 Å². The molecule has 0 bridgehead atoms. The number of aryl methyl sites for hydroxylation is 1. The maximum absolute atomic E-state index is 12.5. The molecule has 0 aliphatic heterocycles. The Morgan fingerprint density at radius 3 is 2.53 bits per heavy atom. The number of aldehydes is 1. The van der Waals surface area contributed by atoms with Crippen molar-refractivity contribution in [3.63, 3.8) is 0 Å². The van der Waals surface area contributed by atoms with Crippen LogP contribution in [0.4, 0.5) is 13.2 Å². The number of rotatable bonds is 1. The molecule has 2 rings (SSSR count).